The molecule has 170 valence electrons. The highest BCUT2D eigenvalue weighted by atomic mass is 35.5. The number of nitrogens with one attached hydrogen (secondary N) is 1. The number of aromatic nitrogens is 1. The lowest BCUT2D eigenvalue weighted by atomic mass is 10.0. The standard InChI is InChI=1S/C22H29N5O2.2ClH/c1-25-11-13-26(14-12-25)21-15-17(7-8-24-21)22(28)27-10-9-23-16-19(27)18-5-3-4-6-20(18)29-2;;/h3-8,15,19,23H,9-14,16H2,1-2H3;2*1H. The van der Waals surface area contributed by atoms with Crippen molar-refractivity contribution in [3.05, 3.63) is 53.7 Å². The van der Waals surface area contributed by atoms with E-state index in [9.17, 15) is 4.79 Å². The minimum Gasteiger partial charge on any atom is -0.496 e. The number of pyridine rings is 1. The van der Waals surface area contributed by atoms with Crippen LogP contribution in [0, 0.1) is 0 Å². The summed E-state index contributed by atoms with van der Waals surface area (Å²) in [5.74, 6) is 1.74. The van der Waals surface area contributed by atoms with Crippen LogP contribution in [-0.2, 0) is 0 Å². The summed E-state index contributed by atoms with van der Waals surface area (Å²) < 4.78 is 5.55. The Kier molecular flexibility index (Phi) is 9.37. The van der Waals surface area contributed by atoms with Gasteiger partial charge in [0.1, 0.15) is 11.6 Å². The van der Waals surface area contributed by atoms with Crippen molar-refractivity contribution in [2.45, 2.75) is 6.04 Å². The summed E-state index contributed by atoms with van der Waals surface area (Å²) in [7, 11) is 3.81. The number of likely N-dealkylation sites (N-methyl/N-ethyl adjacent to an activating group) is 1. The van der Waals surface area contributed by atoms with Crippen LogP contribution in [0.25, 0.3) is 0 Å². The fourth-order valence-electron chi connectivity index (χ4n) is 4.09. The highest BCUT2D eigenvalue weighted by molar-refractivity contribution is 5.95. The summed E-state index contributed by atoms with van der Waals surface area (Å²) in [6, 6.07) is 11.6. The molecule has 4 rings (SSSR count). The first-order valence-electron chi connectivity index (χ1n) is 10.2. The average Bonchev–Trinajstić information content (AvgIpc) is 2.79. The number of halogens is 2. The first kappa shape index (κ1) is 25.2. The molecular formula is C22H31Cl2N5O2. The maximum absolute atomic E-state index is 13.5. The zero-order chi connectivity index (χ0) is 20.2. The molecule has 3 heterocycles. The van der Waals surface area contributed by atoms with Crippen molar-refractivity contribution in [1.29, 1.82) is 0 Å². The normalized spacial score (nSPS) is 19.2. The SMILES string of the molecule is COc1ccccc1C1CNCCN1C(=O)c1ccnc(N2CCN(C)CC2)c1.Cl.Cl. The highest BCUT2D eigenvalue weighted by Gasteiger charge is 2.31. The Balaban J connectivity index is 0.00000171. The molecule has 2 fully saturated rings. The smallest absolute Gasteiger partial charge is 0.254 e. The minimum atomic E-state index is -0.0624. The molecule has 7 nitrogen and oxygen atoms in total. The lowest BCUT2D eigenvalue weighted by Gasteiger charge is -2.37. The number of anilines is 1. The van der Waals surface area contributed by atoms with Gasteiger partial charge in [-0.2, -0.15) is 0 Å². The fraction of sp³-hybridized carbons (Fsp3) is 0.455. The molecule has 0 saturated carbocycles. The summed E-state index contributed by atoms with van der Waals surface area (Å²) in [5.41, 5.74) is 1.72. The Bertz CT molecular complexity index is 861. The molecule has 0 aliphatic carbocycles. The third-order valence-electron chi connectivity index (χ3n) is 5.82. The number of methoxy groups -OCH3 is 1. The van der Waals surface area contributed by atoms with Gasteiger partial charge in [0.2, 0.25) is 0 Å². The maximum Gasteiger partial charge on any atom is 0.254 e. The molecule has 1 atom stereocenters. The molecular weight excluding hydrogens is 437 g/mol. The van der Waals surface area contributed by atoms with Crippen molar-refractivity contribution in [3.8, 4) is 5.75 Å². The van der Waals surface area contributed by atoms with E-state index in [0.717, 1.165) is 49.9 Å². The van der Waals surface area contributed by atoms with E-state index >= 15 is 0 Å². The number of ether oxygens (including phenoxy) is 1. The van der Waals surface area contributed by atoms with Crippen molar-refractivity contribution in [1.82, 2.24) is 20.1 Å². The molecule has 1 amide bonds. The first-order valence-corrected chi connectivity index (χ1v) is 10.2. The predicted molar refractivity (Wildman–Crippen MR) is 128 cm³/mol. The van der Waals surface area contributed by atoms with Gasteiger partial charge in [-0.15, -0.1) is 24.8 Å². The fourth-order valence-corrected chi connectivity index (χ4v) is 4.09. The summed E-state index contributed by atoms with van der Waals surface area (Å²) in [6.45, 7) is 6.03. The predicted octanol–water partition coefficient (Wildman–Crippen LogP) is 2.47. The van der Waals surface area contributed by atoms with Gasteiger partial charge in [0, 0.05) is 63.1 Å². The lowest BCUT2D eigenvalue weighted by molar-refractivity contribution is 0.0631. The van der Waals surface area contributed by atoms with Gasteiger partial charge in [-0.25, -0.2) is 4.98 Å². The van der Waals surface area contributed by atoms with Crippen LogP contribution < -0.4 is 15.0 Å². The number of hydrogen-bond acceptors (Lipinski definition) is 6. The highest BCUT2D eigenvalue weighted by Crippen LogP contribution is 2.31. The summed E-state index contributed by atoms with van der Waals surface area (Å²) in [6.07, 6.45) is 1.75. The van der Waals surface area contributed by atoms with E-state index in [1.807, 2.05) is 41.3 Å². The van der Waals surface area contributed by atoms with Crippen molar-refractivity contribution in [3.63, 3.8) is 0 Å². The lowest BCUT2D eigenvalue weighted by Crippen LogP contribution is -2.49. The molecule has 0 radical (unpaired) electrons. The molecule has 31 heavy (non-hydrogen) atoms. The van der Waals surface area contributed by atoms with Gasteiger partial charge in [-0.3, -0.25) is 4.79 Å². The number of amides is 1. The van der Waals surface area contributed by atoms with E-state index in [0.29, 0.717) is 18.7 Å². The van der Waals surface area contributed by atoms with Crippen LogP contribution in [-0.4, -0.2) is 80.7 Å². The second-order valence-corrected chi connectivity index (χ2v) is 7.65. The second-order valence-electron chi connectivity index (χ2n) is 7.65. The molecule has 1 aromatic carbocycles. The van der Waals surface area contributed by atoms with Crippen molar-refractivity contribution < 1.29 is 9.53 Å². The number of nitrogens with zero attached hydrogens (tertiary/aromatic N) is 4. The Hall–Kier alpha value is -2.06. The van der Waals surface area contributed by atoms with Crippen molar-refractivity contribution in [2.24, 2.45) is 0 Å². The van der Waals surface area contributed by atoms with Gasteiger partial charge in [-0.05, 0) is 25.2 Å². The molecule has 1 aromatic heterocycles. The van der Waals surface area contributed by atoms with Crippen LogP contribution in [0.1, 0.15) is 22.0 Å². The number of carbonyl (C=O) groups excluding carboxylic acids is 1. The molecule has 2 aromatic rings. The first-order chi connectivity index (χ1) is 14.2. The zero-order valence-corrected chi connectivity index (χ0v) is 19.6. The van der Waals surface area contributed by atoms with Crippen molar-refractivity contribution in [2.75, 3.05) is 64.9 Å². The summed E-state index contributed by atoms with van der Waals surface area (Å²) in [5, 5.41) is 3.41. The Morgan fingerprint density at radius 3 is 2.58 bits per heavy atom. The molecule has 0 bridgehead atoms. The van der Waals surface area contributed by atoms with Crippen LogP contribution in [0.3, 0.4) is 0 Å². The van der Waals surface area contributed by atoms with Crippen molar-refractivity contribution >= 4 is 36.5 Å². The quantitative estimate of drug-likeness (QED) is 0.744. The van der Waals surface area contributed by atoms with E-state index in [1.54, 1.807) is 13.3 Å². The number of carbonyl (C=O) groups is 1. The van der Waals surface area contributed by atoms with Gasteiger partial charge >= 0.3 is 0 Å². The van der Waals surface area contributed by atoms with E-state index in [-0.39, 0.29) is 36.8 Å². The van der Waals surface area contributed by atoms with Gasteiger partial charge in [-0.1, -0.05) is 18.2 Å². The third kappa shape index (κ3) is 5.60. The largest absolute Gasteiger partial charge is 0.496 e. The molecule has 9 heteroatoms. The summed E-state index contributed by atoms with van der Waals surface area (Å²) >= 11 is 0. The average molecular weight is 468 g/mol. The van der Waals surface area contributed by atoms with Crippen LogP contribution in [0.5, 0.6) is 5.75 Å². The zero-order valence-electron chi connectivity index (χ0n) is 18.0. The third-order valence-corrected chi connectivity index (χ3v) is 5.82. The number of para-hydroxylation sites is 1. The summed E-state index contributed by atoms with van der Waals surface area (Å²) in [4.78, 5) is 24.5. The van der Waals surface area contributed by atoms with E-state index < -0.39 is 0 Å². The van der Waals surface area contributed by atoms with Crippen LogP contribution in [0.2, 0.25) is 0 Å². The van der Waals surface area contributed by atoms with Gasteiger partial charge in [0.15, 0.2) is 0 Å². The van der Waals surface area contributed by atoms with E-state index in [2.05, 4.69) is 27.1 Å². The monoisotopic (exact) mass is 467 g/mol. The molecule has 2 aliphatic rings. The van der Waals surface area contributed by atoms with Gasteiger partial charge in [0.05, 0.1) is 13.2 Å². The number of hydrogen-bond donors (Lipinski definition) is 1. The van der Waals surface area contributed by atoms with E-state index in [1.165, 1.54) is 0 Å². The molecule has 2 saturated heterocycles. The van der Waals surface area contributed by atoms with Gasteiger partial charge in [0.25, 0.3) is 5.91 Å². The maximum atomic E-state index is 13.5. The topological polar surface area (TPSA) is 60.9 Å². The minimum absolute atomic E-state index is 0. The number of benzene rings is 1. The van der Waals surface area contributed by atoms with Gasteiger partial charge < -0.3 is 24.8 Å². The Morgan fingerprint density at radius 1 is 1.10 bits per heavy atom. The second kappa shape index (κ2) is 11.5. The Labute approximate surface area is 196 Å². The van der Waals surface area contributed by atoms with Crippen LogP contribution >= 0.6 is 24.8 Å². The number of rotatable bonds is 4. The molecule has 2 aliphatic heterocycles. The van der Waals surface area contributed by atoms with Crippen LogP contribution in [0.15, 0.2) is 42.6 Å². The molecule has 1 N–H and O–H groups in total. The number of piperazine rings is 2. The van der Waals surface area contributed by atoms with Crippen LogP contribution in [0.4, 0.5) is 5.82 Å². The van der Waals surface area contributed by atoms with E-state index in [4.69, 9.17) is 4.74 Å². The Morgan fingerprint density at radius 2 is 1.84 bits per heavy atom. The molecule has 0 spiro atoms. The molecule has 1 unspecified atom stereocenters.